The Morgan fingerprint density at radius 1 is 0.241 bits per heavy atom. The Labute approximate surface area is 335 Å². The molecule has 0 radical (unpaired) electrons. The largest absolute Gasteiger partial charge is 0.228 e. The number of aromatic nitrogens is 2. The summed E-state index contributed by atoms with van der Waals surface area (Å²) < 4.78 is 0. The summed E-state index contributed by atoms with van der Waals surface area (Å²) in [5.41, 5.74) is 7.37. The SMILES string of the molecule is c1ccc(-c2nc(-c3ccc4c5ccccc5c5ccccc5c4c3)cc(-c3ccc(-c4c5ccccc5cc5c4ccc4ccccc45)c4ccccc34)n2)cc1. The van der Waals surface area contributed by atoms with E-state index in [-0.39, 0.29) is 0 Å². The summed E-state index contributed by atoms with van der Waals surface area (Å²) in [5, 5.41) is 17.4. The summed E-state index contributed by atoms with van der Waals surface area (Å²) in [5.74, 6) is 0.705. The van der Waals surface area contributed by atoms with Crippen molar-refractivity contribution in [1.82, 2.24) is 9.97 Å². The lowest BCUT2D eigenvalue weighted by molar-refractivity contribution is 1.19. The first-order valence-electron chi connectivity index (χ1n) is 19.9. The summed E-state index contributed by atoms with van der Waals surface area (Å²) in [6.45, 7) is 0. The number of hydrogen-bond donors (Lipinski definition) is 0. The van der Waals surface area contributed by atoms with Crippen molar-refractivity contribution in [3.63, 3.8) is 0 Å². The summed E-state index contributed by atoms with van der Waals surface area (Å²) >= 11 is 0. The molecule has 0 unspecified atom stereocenters. The van der Waals surface area contributed by atoms with Crippen LogP contribution in [0.4, 0.5) is 0 Å². The zero-order valence-electron chi connectivity index (χ0n) is 31.5. The summed E-state index contributed by atoms with van der Waals surface area (Å²) in [6.07, 6.45) is 0. The van der Waals surface area contributed by atoms with Crippen LogP contribution in [0.15, 0.2) is 206 Å². The minimum absolute atomic E-state index is 0.705. The predicted molar refractivity (Wildman–Crippen MR) is 246 cm³/mol. The highest BCUT2D eigenvalue weighted by Gasteiger charge is 2.19. The van der Waals surface area contributed by atoms with Crippen LogP contribution in [0.5, 0.6) is 0 Å². The van der Waals surface area contributed by atoms with Gasteiger partial charge in [0.15, 0.2) is 5.82 Å². The molecule has 12 rings (SSSR count). The van der Waals surface area contributed by atoms with E-state index in [1.165, 1.54) is 81.1 Å². The molecule has 268 valence electrons. The van der Waals surface area contributed by atoms with Gasteiger partial charge in [-0.3, -0.25) is 0 Å². The van der Waals surface area contributed by atoms with E-state index in [4.69, 9.17) is 9.97 Å². The van der Waals surface area contributed by atoms with Crippen molar-refractivity contribution < 1.29 is 0 Å². The lowest BCUT2D eigenvalue weighted by Crippen LogP contribution is -1.97. The first kappa shape index (κ1) is 32.6. The number of benzene rings is 11. The third-order valence-electron chi connectivity index (χ3n) is 12.0. The maximum atomic E-state index is 5.33. The maximum Gasteiger partial charge on any atom is 0.160 e. The van der Waals surface area contributed by atoms with Crippen LogP contribution in [0.2, 0.25) is 0 Å². The maximum absolute atomic E-state index is 5.33. The first-order valence-corrected chi connectivity index (χ1v) is 19.9. The van der Waals surface area contributed by atoms with Crippen molar-refractivity contribution in [1.29, 1.82) is 0 Å². The molecular formula is C56H34N2. The van der Waals surface area contributed by atoms with Crippen LogP contribution in [0.1, 0.15) is 0 Å². The molecule has 2 nitrogen and oxygen atoms in total. The smallest absolute Gasteiger partial charge is 0.160 e. The van der Waals surface area contributed by atoms with E-state index < -0.39 is 0 Å². The van der Waals surface area contributed by atoms with Gasteiger partial charge in [0.05, 0.1) is 11.4 Å². The van der Waals surface area contributed by atoms with Crippen molar-refractivity contribution in [2.75, 3.05) is 0 Å². The van der Waals surface area contributed by atoms with E-state index in [2.05, 4.69) is 200 Å². The molecule has 58 heavy (non-hydrogen) atoms. The zero-order valence-corrected chi connectivity index (χ0v) is 31.5. The van der Waals surface area contributed by atoms with Gasteiger partial charge in [-0.05, 0) is 105 Å². The van der Waals surface area contributed by atoms with Gasteiger partial charge in [-0.25, -0.2) is 9.97 Å². The van der Waals surface area contributed by atoms with Crippen molar-refractivity contribution in [3.8, 4) is 45.0 Å². The number of fused-ring (bicyclic) bond motifs is 11. The molecule has 0 fully saturated rings. The summed E-state index contributed by atoms with van der Waals surface area (Å²) in [7, 11) is 0. The Morgan fingerprint density at radius 3 is 1.47 bits per heavy atom. The lowest BCUT2D eigenvalue weighted by Gasteiger charge is -2.18. The van der Waals surface area contributed by atoms with E-state index in [1.54, 1.807) is 0 Å². The molecule has 11 aromatic carbocycles. The highest BCUT2D eigenvalue weighted by molar-refractivity contribution is 6.26. The van der Waals surface area contributed by atoms with Gasteiger partial charge in [0, 0.05) is 16.7 Å². The molecule has 2 heteroatoms. The Kier molecular flexibility index (Phi) is 7.26. The highest BCUT2D eigenvalue weighted by Crippen LogP contribution is 2.44. The fourth-order valence-electron chi connectivity index (χ4n) is 9.37. The van der Waals surface area contributed by atoms with Crippen molar-refractivity contribution in [3.05, 3.63) is 206 Å². The summed E-state index contributed by atoms with van der Waals surface area (Å²) in [4.78, 5) is 10.6. The lowest BCUT2D eigenvalue weighted by atomic mass is 9.86. The van der Waals surface area contributed by atoms with Crippen LogP contribution in [0.25, 0.3) is 120 Å². The third-order valence-corrected chi connectivity index (χ3v) is 12.0. The standard InChI is InChI=1S/C56H34N2/c1-2-15-36(16-3-1)56-57-53(38-27-28-47-43-22-9-8-20-41(43)42-21-10-13-25-46(42)52(47)33-38)34-54(58-56)48-30-31-49(45-24-12-11-23-44(45)48)55-40-19-7-5-17-37(40)32-51-39-18-6-4-14-35(39)26-29-50(51)55/h1-34H. The van der Waals surface area contributed by atoms with Crippen LogP contribution < -0.4 is 0 Å². The molecule has 0 aliphatic rings. The predicted octanol–water partition coefficient (Wildman–Crippen LogP) is 15.2. The number of rotatable bonds is 4. The van der Waals surface area contributed by atoms with Crippen molar-refractivity contribution in [2.24, 2.45) is 0 Å². The second-order valence-electron chi connectivity index (χ2n) is 15.2. The molecule has 0 bridgehead atoms. The van der Waals surface area contributed by atoms with Gasteiger partial charge in [0.2, 0.25) is 0 Å². The Morgan fingerprint density at radius 2 is 0.741 bits per heavy atom. The minimum Gasteiger partial charge on any atom is -0.228 e. The van der Waals surface area contributed by atoms with E-state index in [1.807, 2.05) is 6.07 Å². The van der Waals surface area contributed by atoms with Crippen molar-refractivity contribution in [2.45, 2.75) is 0 Å². The fourth-order valence-corrected chi connectivity index (χ4v) is 9.37. The van der Waals surface area contributed by atoms with Gasteiger partial charge < -0.3 is 0 Å². The molecule has 0 saturated carbocycles. The fraction of sp³-hybridized carbons (Fsp3) is 0. The monoisotopic (exact) mass is 734 g/mol. The van der Waals surface area contributed by atoms with E-state index >= 15 is 0 Å². The van der Waals surface area contributed by atoms with E-state index in [0.717, 1.165) is 33.5 Å². The molecule has 0 N–H and O–H groups in total. The topological polar surface area (TPSA) is 25.8 Å². The van der Waals surface area contributed by atoms with Gasteiger partial charge in [-0.2, -0.15) is 0 Å². The Bertz CT molecular complexity index is 3590. The number of hydrogen-bond acceptors (Lipinski definition) is 2. The van der Waals surface area contributed by atoms with Gasteiger partial charge in [0.25, 0.3) is 0 Å². The van der Waals surface area contributed by atoms with Crippen LogP contribution in [0.3, 0.4) is 0 Å². The molecule has 1 aromatic heterocycles. The second kappa shape index (κ2) is 12.9. The molecule has 0 saturated heterocycles. The average molecular weight is 735 g/mol. The first-order chi connectivity index (χ1) is 28.8. The van der Waals surface area contributed by atoms with Crippen LogP contribution >= 0.6 is 0 Å². The molecular weight excluding hydrogens is 701 g/mol. The molecule has 1 heterocycles. The van der Waals surface area contributed by atoms with Crippen LogP contribution in [0, 0.1) is 0 Å². The molecule has 0 amide bonds. The molecule has 0 spiro atoms. The summed E-state index contributed by atoms with van der Waals surface area (Å²) in [6, 6.07) is 74.6. The zero-order chi connectivity index (χ0) is 38.2. The second-order valence-corrected chi connectivity index (χ2v) is 15.2. The quantitative estimate of drug-likeness (QED) is 0.133. The van der Waals surface area contributed by atoms with Crippen LogP contribution in [-0.4, -0.2) is 9.97 Å². The van der Waals surface area contributed by atoms with E-state index in [0.29, 0.717) is 5.82 Å². The highest BCUT2D eigenvalue weighted by atomic mass is 14.9. The Hall–Kier alpha value is -7.68. The van der Waals surface area contributed by atoms with Gasteiger partial charge in [0.1, 0.15) is 0 Å². The minimum atomic E-state index is 0.705. The Balaban J connectivity index is 1.10. The van der Waals surface area contributed by atoms with Gasteiger partial charge in [-0.1, -0.05) is 188 Å². The number of nitrogens with zero attached hydrogens (tertiary/aromatic N) is 2. The molecule has 0 aliphatic heterocycles. The van der Waals surface area contributed by atoms with Crippen LogP contribution in [-0.2, 0) is 0 Å². The van der Waals surface area contributed by atoms with Gasteiger partial charge in [-0.15, -0.1) is 0 Å². The van der Waals surface area contributed by atoms with Crippen molar-refractivity contribution >= 4 is 75.4 Å². The third kappa shape index (κ3) is 5.05. The molecule has 12 aromatic rings. The average Bonchev–Trinajstić information content (AvgIpc) is 3.30. The van der Waals surface area contributed by atoms with E-state index in [9.17, 15) is 0 Å². The molecule has 0 atom stereocenters. The normalized spacial score (nSPS) is 11.8. The molecule has 0 aliphatic carbocycles. The van der Waals surface area contributed by atoms with Gasteiger partial charge >= 0.3 is 0 Å².